The number of carbonyl (C=O) groups is 2. The number of hydrogen-bond acceptors (Lipinski definition) is 5. The van der Waals surface area contributed by atoms with E-state index >= 15 is 0 Å². The quantitative estimate of drug-likeness (QED) is 0.491. The van der Waals surface area contributed by atoms with Crippen LogP contribution in [0.4, 0.5) is 5.69 Å². The number of nitrogens with zero attached hydrogens (tertiary/aromatic N) is 4. The molecule has 0 fully saturated rings. The Labute approximate surface area is 188 Å². The average molecular weight is 449 g/mol. The zero-order chi connectivity index (χ0) is 22.7. The third kappa shape index (κ3) is 4.70. The predicted molar refractivity (Wildman–Crippen MR) is 121 cm³/mol. The minimum atomic E-state index is -0.527. The molecule has 1 unspecified atom stereocenters. The van der Waals surface area contributed by atoms with E-state index in [-0.39, 0.29) is 42.0 Å². The highest BCUT2D eigenvalue weighted by Crippen LogP contribution is 2.19. The molecule has 8 nitrogen and oxygen atoms in total. The van der Waals surface area contributed by atoms with Gasteiger partial charge < -0.3 is 4.90 Å². The van der Waals surface area contributed by atoms with Gasteiger partial charge in [0.25, 0.3) is 17.5 Å². The lowest BCUT2D eigenvalue weighted by Gasteiger charge is -2.25. The molecule has 1 aliphatic heterocycles. The van der Waals surface area contributed by atoms with Crippen molar-refractivity contribution in [2.45, 2.75) is 6.54 Å². The van der Waals surface area contributed by atoms with Crippen molar-refractivity contribution in [1.82, 2.24) is 4.90 Å². The van der Waals surface area contributed by atoms with Gasteiger partial charge in [0.2, 0.25) is 0 Å². The summed E-state index contributed by atoms with van der Waals surface area (Å²) in [5, 5.41) is 11.5. The molecule has 2 aromatic carbocycles. The Balaban J connectivity index is 1.62. The zero-order valence-electron chi connectivity index (χ0n) is 16.7. The Morgan fingerprint density at radius 3 is 2.44 bits per heavy atom. The Kier molecular flexibility index (Phi) is 6.04. The number of fused-ring (bicyclic) bond motifs is 1. The SMILES string of the molecule is O=C1N=C(CN(Cc2ccc(Cl)cc2)C(=O)c2ccc([N+](=O)[O-])cc2)N=C2C=CC=CC12. The van der Waals surface area contributed by atoms with Crippen LogP contribution in [0.2, 0.25) is 5.02 Å². The first-order valence-electron chi connectivity index (χ1n) is 9.74. The maximum Gasteiger partial charge on any atom is 0.269 e. The van der Waals surface area contributed by atoms with Crippen LogP contribution >= 0.6 is 11.6 Å². The molecule has 0 N–H and O–H groups in total. The molecular formula is C23H17ClN4O4. The first kappa shape index (κ1) is 21.3. The number of hydrogen-bond donors (Lipinski definition) is 0. The van der Waals surface area contributed by atoms with Gasteiger partial charge in [-0.2, -0.15) is 4.99 Å². The van der Waals surface area contributed by atoms with Gasteiger partial charge in [0, 0.05) is 29.3 Å². The number of amidine groups is 1. The number of nitro benzene ring substituents is 1. The van der Waals surface area contributed by atoms with E-state index in [4.69, 9.17) is 11.6 Å². The molecule has 0 saturated heterocycles. The number of allylic oxidation sites excluding steroid dienone is 3. The third-order valence-electron chi connectivity index (χ3n) is 5.00. The summed E-state index contributed by atoms with van der Waals surface area (Å²) in [7, 11) is 0. The van der Waals surface area contributed by atoms with E-state index in [9.17, 15) is 19.7 Å². The summed E-state index contributed by atoms with van der Waals surface area (Å²) in [5.41, 5.74) is 1.57. The summed E-state index contributed by atoms with van der Waals surface area (Å²) >= 11 is 5.96. The second kappa shape index (κ2) is 9.07. The van der Waals surface area contributed by atoms with Crippen molar-refractivity contribution in [3.8, 4) is 0 Å². The standard InChI is InChI=1S/C23H17ClN4O4/c24-17-9-5-15(6-10-17)13-27(23(30)16-7-11-18(12-8-16)28(31)32)14-21-25-20-4-2-1-3-19(20)22(29)26-21/h1-12,19H,13-14H2. The van der Waals surface area contributed by atoms with E-state index in [1.54, 1.807) is 48.6 Å². The van der Waals surface area contributed by atoms with Gasteiger partial charge in [-0.05, 0) is 35.9 Å². The molecule has 160 valence electrons. The first-order chi connectivity index (χ1) is 15.4. The van der Waals surface area contributed by atoms with E-state index in [1.165, 1.54) is 29.2 Å². The van der Waals surface area contributed by atoms with Gasteiger partial charge in [0.1, 0.15) is 5.92 Å². The molecule has 0 bridgehead atoms. The number of nitro groups is 1. The summed E-state index contributed by atoms with van der Waals surface area (Å²) in [6, 6.07) is 12.4. The number of aliphatic imine (C=N–C) groups is 2. The van der Waals surface area contributed by atoms with E-state index in [1.807, 2.05) is 0 Å². The average Bonchev–Trinajstić information content (AvgIpc) is 2.80. The summed E-state index contributed by atoms with van der Waals surface area (Å²) < 4.78 is 0. The molecule has 0 saturated carbocycles. The van der Waals surface area contributed by atoms with Crippen molar-refractivity contribution in [3.05, 3.63) is 99.1 Å². The molecule has 9 heteroatoms. The van der Waals surface area contributed by atoms with Gasteiger partial charge >= 0.3 is 0 Å². The van der Waals surface area contributed by atoms with Gasteiger partial charge in [0.05, 0.1) is 17.2 Å². The Morgan fingerprint density at radius 2 is 1.75 bits per heavy atom. The molecule has 32 heavy (non-hydrogen) atoms. The van der Waals surface area contributed by atoms with E-state index < -0.39 is 10.8 Å². The topological polar surface area (TPSA) is 105 Å². The van der Waals surface area contributed by atoms with E-state index in [0.29, 0.717) is 10.7 Å². The first-order valence-corrected chi connectivity index (χ1v) is 10.1. The molecular weight excluding hydrogens is 432 g/mol. The lowest BCUT2D eigenvalue weighted by atomic mass is 9.96. The molecule has 2 aromatic rings. The van der Waals surface area contributed by atoms with Crippen molar-refractivity contribution in [1.29, 1.82) is 0 Å². The number of halogens is 1. The van der Waals surface area contributed by atoms with Crippen LogP contribution in [0.25, 0.3) is 0 Å². The van der Waals surface area contributed by atoms with Crippen molar-refractivity contribution < 1.29 is 14.5 Å². The largest absolute Gasteiger partial charge is 0.327 e. The van der Waals surface area contributed by atoms with Gasteiger partial charge in [0.15, 0.2) is 5.84 Å². The maximum absolute atomic E-state index is 13.3. The van der Waals surface area contributed by atoms with Gasteiger partial charge in [-0.1, -0.05) is 42.0 Å². The lowest BCUT2D eigenvalue weighted by Crippen LogP contribution is -2.37. The predicted octanol–water partition coefficient (Wildman–Crippen LogP) is 4.01. The number of rotatable bonds is 6. The monoisotopic (exact) mass is 448 g/mol. The molecule has 1 aliphatic carbocycles. The molecule has 1 atom stereocenters. The number of non-ortho nitro benzene ring substituents is 1. The highest BCUT2D eigenvalue weighted by Gasteiger charge is 2.28. The molecule has 2 aliphatic rings. The molecule has 2 amide bonds. The minimum Gasteiger partial charge on any atom is -0.327 e. The van der Waals surface area contributed by atoms with E-state index in [0.717, 1.165) is 5.56 Å². The van der Waals surface area contributed by atoms with Crippen LogP contribution in [-0.4, -0.2) is 39.7 Å². The van der Waals surface area contributed by atoms with Crippen LogP contribution in [0.1, 0.15) is 15.9 Å². The fraction of sp³-hybridized carbons (Fsp3) is 0.130. The fourth-order valence-corrected chi connectivity index (χ4v) is 3.50. The number of carbonyl (C=O) groups excluding carboxylic acids is 2. The summed E-state index contributed by atoms with van der Waals surface area (Å²) in [5.74, 6) is -0.976. The smallest absolute Gasteiger partial charge is 0.269 e. The third-order valence-corrected chi connectivity index (χ3v) is 5.25. The maximum atomic E-state index is 13.3. The number of amides is 2. The van der Waals surface area contributed by atoms with Crippen LogP contribution in [0.3, 0.4) is 0 Å². The van der Waals surface area contributed by atoms with Gasteiger partial charge in [-0.25, -0.2) is 4.99 Å². The van der Waals surface area contributed by atoms with Crippen LogP contribution in [0.5, 0.6) is 0 Å². The highest BCUT2D eigenvalue weighted by atomic mass is 35.5. The Hall–Kier alpha value is -3.91. The van der Waals surface area contributed by atoms with Crippen LogP contribution in [-0.2, 0) is 11.3 Å². The second-order valence-corrected chi connectivity index (χ2v) is 7.65. The zero-order valence-corrected chi connectivity index (χ0v) is 17.5. The summed E-state index contributed by atoms with van der Waals surface area (Å²) in [6.45, 7) is 0.211. The van der Waals surface area contributed by atoms with Crippen molar-refractivity contribution in [3.63, 3.8) is 0 Å². The molecule has 0 aromatic heterocycles. The minimum absolute atomic E-state index is 0.00202. The molecule has 0 radical (unpaired) electrons. The van der Waals surface area contributed by atoms with Crippen molar-refractivity contribution >= 4 is 40.6 Å². The fourth-order valence-electron chi connectivity index (χ4n) is 3.38. The van der Waals surface area contributed by atoms with Gasteiger partial charge in [-0.15, -0.1) is 0 Å². The molecule has 4 rings (SSSR count). The summed E-state index contributed by atoms with van der Waals surface area (Å²) in [4.78, 5) is 46.1. The van der Waals surface area contributed by atoms with Crippen LogP contribution < -0.4 is 0 Å². The second-order valence-electron chi connectivity index (χ2n) is 7.22. The molecule has 0 spiro atoms. The Morgan fingerprint density at radius 1 is 1.03 bits per heavy atom. The molecule has 1 heterocycles. The highest BCUT2D eigenvalue weighted by molar-refractivity contribution is 6.30. The Bertz CT molecular complexity index is 1200. The van der Waals surface area contributed by atoms with Crippen LogP contribution in [0, 0.1) is 16.0 Å². The lowest BCUT2D eigenvalue weighted by molar-refractivity contribution is -0.384. The van der Waals surface area contributed by atoms with Crippen molar-refractivity contribution in [2.24, 2.45) is 15.9 Å². The normalized spacial score (nSPS) is 16.8. The van der Waals surface area contributed by atoms with Crippen molar-refractivity contribution in [2.75, 3.05) is 6.54 Å². The van der Waals surface area contributed by atoms with Gasteiger partial charge in [-0.3, -0.25) is 19.7 Å². The summed E-state index contributed by atoms with van der Waals surface area (Å²) in [6.07, 6.45) is 7.04. The number of benzene rings is 2. The van der Waals surface area contributed by atoms with Crippen LogP contribution in [0.15, 0.2) is 82.8 Å². The van der Waals surface area contributed by atoms with E-state index in [2.05, 4.69) is 9.98 Å².